The van der Waals surface area contributed by atoms with Crippen LogP contribution in [0.1, 0.15) is 24.5 Å². The standard InChI is InChI=1S/C12H14N2O2/c1-9(8-13)6-7-11-4-3-5-12(10(11)2)14(15)16/h3-5,9H,6-7H2,1-2H3. The monoisotopic (exact) mass is 218 g/mol. The van der Waals surface area contributed by atoms with Crippen LogP contribution < -0.4 is 0 Å². The van der Waals surface area contributed by atoms with Crippen molar-refractivity contribution in [2.45, 2.75) is 26.7 Å². The van der Waals surface area contributed by atoms with Crippen LogP contribution in [0, 0.1) is 34.3 Å². The Morgan fingerprint density at radius 1 is 1.56 bits per heavy atom. The summed E-state index contributed by atoms with van der Waals surface area (Å²) in [5, 5.41) is 19.4. The lowest BCUT2D eigenvalue weighted by molar-refractivity contribution is -0.385. The number of nitriles is 1. The number of benzene rings is 1. The van der Waals surface area contributed by atoms with Gasteiger partial charge in [-0.25, -0.2) is 0 Å². The second-order valence-electron chi connectivity index (χ2n) is 3.89. The highest BCUT2D eigenvalue weighted by atomic mass is 16.6. The van der Waals surface area contributed by atoms with E-state index in [2.05, 4.69) is 6.07 Å². The molecule has 84 valence electrons. The summed E-state index contributed by atoms with van der Waals surface area (Å²) in [6, 6.07) is 7.24. The zero-order valence-electron chi connectivity index (χ0n) is 9.43. The van der Waals surface area contributed by atoms with Gasteiger partial charge in [-0.1, -0.05) is 12.1 Å². The SMILES string of the molecule is Cc1c(CCC(C)C#N)cccc1[N+](=O)[O-]. The Bertz CT molecular complexity index is 435. The molecule has 0 bridgehead atoms. The van der Waals surface area contributed by atoms with Gasteiger partial charge in [-0.15, -0.1) is 0 Å². The molecule has 0 amide bonds. The second kappa shape index (κ2) is 5.26. The highest BCUT2D eigenvalue weighted by Crippen LogP contribution is 2.22. The van der Waals surface area contributed by atoms with Crippen molar-refractivity contribution in [3.8, 4) is 6.07 Å². The molecule has 0 aliphatic heterocycles. The van der Waals surface area contributed by atoms with E-state index in [1.54, 1.807) is 13.0 Å². The molecule has 1 aromatic carbocycles. The first-order valence-electron chi connectivity index (χ1n) is 5.18. The molecule has 0 heterocycles. The van der Waals surface area contributed by atoms with Crippen LogP contribution in [0.15, 0.2) is 18.2 Å². The summed E-state index contributed by atoms with van der Waals surface area (Å²) in [5.74, 6) is -0.0151. The van der Waals surface area contributed by atoms with Crippen molar-refractivity contribution in [1.29, 1.82) is 5.26 Å². The van der Waals surface area contributed by atoms with Gasteiger partial charge in [0.05, 0.1) is 11.0 Å². The van der Waals surface area contributed by atoms with Gasteiger partial charge in [-0.05, 0) is 32.3 Å². The lowest BCUT2D eigenvalue weighted by Gasteiger charge is -2.06. The van der Waals surface area contributed by atoms with Crippen LogP contribution in [-0.4, -0.2) is 4.92 Å². The van der Waals surface area contributed by atoms with Crippen LogP contribution in [0.4, 0.5) is 5.69 Å². The average Bonchev–Trinajstić information content (AvgIpc) is 2.26. The van der Waals surface area contributed by atoms with Crippen molar-refractivity contribution in [3.05, 3.63) is 39.4 Å². The third-order valence-electron chi connectivity index (χ3n) is 2.68. The highest BCUT2D eigenvalue weighted by molar-refractivity contribution is 5.44. The summed E-state index contributed by atoms with van der Waals surface area (Å²) in [6.07, 6.45) is 1.45. The molecule has 0 N–H and O–H groups in total. The molecular weight excluding hydrogens is 204 g/mol. The third-order valence-corrected chi connectivity index (χ3v) is 2.68. The smallest absolute Gasteiger partial charge is 0.258 e. The molecule has 16 heavy (non-hydrogen) atoms. The van der Waals surface area contributed by atoms with E-state index in [1.807, 2.05) is 13.0 Å². The van der Waals surface area contributed by atoms with E-state index in [9.17, 15) is 10.1 Å². The van der Waals surface area contributed by atoms with Gasteiger partial charge in [0.15, 0.2) is 0 Å². The van der Waals surface area contributed by atoms with Crippen LogP contribution >= 0.6 is 0 Å². The summed E-state index contributed by atoms with van der Waals surface area (Å²) in [6.45, 7) is 3.61. The lowest BCUT2D eigenvalue weighted by Crippen LogP contribution is -1.99. The molecule has 0 fully saturated rings. The van der Waals surface area contributed by atoms with Crippen LogP contribution in [0.2, 0.25) is 0 Å². The molecule has 1 rings (SSSR count). The molecule has 0 spiro atoms. The maximum atomic E-state index is 10.7. The number of nitro benzene ring substituents is 1. The minimum atomic E-state index is -0.368. The quantitative estimate of drug-likeness (QED) is 0.576. The topological polar surface area (TPSA) is 66.9 Å². The van der Waals surface area contributed by atoms with Crippen molar-refractivity contribution in [2.24, 2.45) is 5.92 Å². The number of nitro groups is 1. The van der Waals surface area contributed by atoms with E-state index in [4.69, 9.17) is 5.26 Å². The summed E-state index contributed by atoms with van der Waals surface area (Å²) in [7, 11) is 0. The predicted octanol–water partition coefficient (Wildman–Crippen LogP) is 3.00. The van der Waals surface area contributed by atoms with Crippen molar-refractivity contribution >= 4 is 5.69 Å². The Kier molecular flexibility index (Phi) is 4.01. The van der Waals surface area contributed by atoms with Crippen molar-refractivity contribution in [1.82, 2.24) is 0 Å². The summed E-state index contributed by atoms with van der Waals surface area (Å²) in [5.41, 5.74) is 1.82. The lowest BCUT2D eigenvalue weighted by atomic mass is 9.98. The van der Waals surface area contributed by atoms with Crippen LogP contribution in [0.25, 0.3) is 0 Å². The molecule has 0 radical (unpaired) electrons. The maximum Gasteiger partial charge on any atom is 0.272 e. The zero-order chi connectivity index (χ0) is 12.1. The zero-order valence-corrected chi connectivity index (χ0v) is 9.43. The van der Waals surface area contributed by atoms with Crippen LogP contribution in [-0.2, 0) is 6.42 Å². The molecule has 1 atom stereocenters. The molecule has 4 heteroatoms. The first-order valence-corrected chi connectivity index (χ1v) is 5.18. The summed E-state index contributed by atoms with van der Waals surface area (Å²) < 4.78 is 0. The molecule has 0 aliphatic carbocycles. The van der Waals surface area contributed by atoms with E-state index in [0.29, 0.717) is 12.0 Å². The van der Waals surface area contributed by atoms with E-state index < -0.39 is 0 Å². The highest BCUT2D eigenvalue weighted by Gasteiger charge is 2.13. The molecule has 1 unspecified atom stereocenters. The minimum Gasteiger partial charge on any atom is -0.258 e. The molecule has 4 nitrogen and oxygen atoms in total. The molecule has 0 aromatic heterocycles. The van der Waals surface area contributed by atoms with Crippen LogP contribution in [0.3, 0.4) is 0 Å². The molecule has 0 aliphatic rings. The summed E-state index contributed by atoms with van der Waals surface area (Å²) >= 11 is 0. The fourth-order valence-corrected chi connectivity index (χ4v) is 1.58. The minimum absolute atomic E-state index is 0.0151. The van der Waals surface area contributed by atoms with Crippen molar-refractivity contribution < 1.29 is 4.92 Å². The van der Waals surface area contributed by atoms with Gasteiger partial charge in [-0.3, -0.25) is 10.1 Å². The first-order chi connectivity index (χ1) is 7.56. The molecule has 1 aromatic rings. The normalized spacial score (nSPS) is 11.8. The molecule has 0 saturated carbocycles. The number of aryl methyl sites for hydroxylation is 1. The van der Waals surface area contributed by atoms with Gasteiger partial charge in [0.25, 0.3) is 5.69 Å². The van der Waals surface area contributed by atoms with E-state index >= 15 is 0 Å². The van der Waals surface area contributed by atoms with Gasteiger partial charge in [0.2, 0.25) is 0 Å². The number of rotatable bonds is 4. The Morgan fingerprint density at radius 2 is 2.25 bits per heavy atom. The first kappa shape index (κ1) is 12.2. The fraction of sp³-hybridized carbons (Fsp3) is 0.417. The number of hydrogen-bond acceptors (Lipinski definition) is 3. The van der Waals surface area contributed by atoms with Crippen molar-refractivity contribution in [3.63, 3.8) is 0 Å². The average molecular weight is 218 g/mol. The third kappa shape index (κ3) is 2.80. The number of hydrogen-bond donors (Lipinski definition) is 0. The second-order valence-corrected chi connectivity index (χ2v) is 3.89. The largest absolute Gasteiger partial charge is 0.272 e. The van der Waals surface area contributed by atoms with E-state index in [1.165, 1.54) is 6.07 Å². The Hall–Kier alpha value is -1.89. The summed E-state index contributed by atoms with van der Waals surface area (Å²) in [4.78, 5) is 10.4. The maximum absolute atomic E-state index is 10.7. The van der Waals surface area contributed by atoms with E-state index in [0.717, 1.165) is 12.0 Å². The molecular formula is C12H14N2O2. The fourth-order valence-electron chi connectivity index (χ4n) is 1.58. The Balaban J connectivity index is 2.86. The Labute approximate surface area is 94.7 Å². The number of nitrogens with zero attached hydrogens (tertiary/aromatic N) is 2. The van der Waals surface area contributed by atoms with Gasteiger partial charge in [0.1, 0.15) is 0 Å². The van der Waals surface area contributed by atoms with Gasteiger partial charge in [0, 0.05) is 17.5 Å². The van der Waals surface area contributed by atoms with Crippen LogP contribution in [0.5, 0.6) is 0 Å². The van der Waals surface area contributed by atoms with Gasteiger partial charge >= 0.3 is 0 Å². The van der Waals surface area contributed by atoms with Crippen molar-refractivity contribution in [2.75, 3.05) is 0 Å². The van der Waals surface area contributed by atoms with E-state index in [-0.39, 0.29) is 16.5 Å². The van der Waals surface area contributed by atoms with Gasteiger partial charge in [-0.2, -0.15) is 5.26 Å². The molecule has 0 saturated heterocycles. The van der Waals surface area contributed by atoms with Gasteiger partial charge < -0.3 is 0 Å². The Morgan fingerprint density at radius 3 is 2.81 bits per heavy atom. The predicted molar refractivity (Wildman–Crippen MR) is 60.9 cm³/mol.